The summed E-state index contributed by atoms with van der Waals surface area (Å²) in [6.45, 7) is 4.01. The van der Waals surface area contributed by atoms with E-state index in [9.17, 15) is 8.42 Å². The number of rotatable bonds is 6. The van der Waals surface area contributed by atoms with Gasteiger partial charge in [0.15, 0.2) is 0 Å². The van der Waals surface area contributed by atoms with Crippen LogP contribution in [0.25, 0.3) is 0 Å². The van der Waals surface area contributed by atoms with Gasteiger partial charge in [-0.1, -0.05) is 13.3 Å². The fraction of sp³-hybridized carbons (Fsp3) is 1.00. The molecule has 0 aromatic rings. The average Bonchev–Trinajstić information content (AvgIpc) is 2.86. The molecule has 118 valence electrons. The molecule has 2 unspecified atom stereocenters. The zero-order chi connectivity index (χ0) is 14.6. The van der Waals surface area contributed by atoms with Gasteiger partial charge >= 0.3 is 0 Å². The molecule has 2 aliphatic rings. The quantitative estimate of drug-likeness (QED) is 0.770. The van der Waals surface area contributed by atoms with Crippen LogP contribution in [-0.4, -0.2) is 49.4 Å². The van der Waals surface area contributed by atoms with Gasteiger partial charge in [0.2, 0.25) is 0 Å². The third kappa shape index (κ3) is 4.10. The van der Waals surface area contributed by atoms with Crippen LogP contribution in [0.15, 0.2) is 0 Å². The molecule has 0 spiro atoms. The number of thioether (sulfide) groups is 1. The summed E-state index contributed by atoms with van der Waals surface area (Å²) >= 11 is 1.88. The SMILES string of the molecule is CCSC1CCCC1NS(=O)(=O)N1CCC(CN)CC1. The van der Waals surface area contributed by atoms with Gasteiger partial charge in [-0.2, -0.15) is 29.2 Å². The van der Waals surface area contributed by atoms with Crippen LogP contribution in [-0.2, 0) is 10.2 Å². The molecular weight excluding hydrogens is 294 g/mol. The minimum Gasteiger partial charge on any atom is -0.330 e. The first-order valence-electron chi connectivity index (χ1n) is 7.66. The molecule has 2 atom stereocenters. The number of nitrogens with zero attached hydrogens (tertiary/aromatic N) is 1. The van der Waals surface area contributed by atoms with Gasteiger partial charge < -0.3 is 5.73 Å². The van der Waals surface area contributed by atoms with E-state index in [2.05, 4.69) is 11.6 Å². The molecule has 0 radical (unpaired) electrons. The Morgan fingerprint density at radius 2 is 1.95 bits per heavy atom. The maximum atomic E-state index is 12.5. The van der Waals surface area contributed by atoms with Crippen LogP contribution < -0.4 is 10.5 Å². The Morgan fingerprint density at radius 3 is 2.55 bits per heavy atom. The highest BCUT2D eigenvalue weighted by molar-refractivity contribution is 8.00. The van der Waals surface area contributed by atoms with Crippen LogP contribution in [0.2, 0.25) is 0 Å². The number of nitrogens with one attached hydrogen (secondary N) is 1. The maximum absolute atomic E-state index is 12.5. The Morgan fingerprint density at radius 1 is 1.25 bits per heavy atom. The molecule has 1 aliphatic heterocycles. The molecule has 1 saturated heterocycles. The zero-order valence-corrected chi connectivity index (χ0v) is 13.9. The largest absolute Gasteiger partial charge is 0.330 e. The van der Waals surface area contributed by atoms with Crippen molar-refractivity contribution in [2.75, 3.05) is 25.4 Å². The minimum absolute atomic E-state index is 0.109. The van der Waals surface area contributed by atoms with Crippen molar-refractivity contribution in [2.24, 2.45) is 11.7 Å². The molecule has 7 heteroatoms. The van der Waals surface area contributed by atoms with Crippen molar-refractivity contribution in [3.8, 4) is 0 Å². The molecule has 0 aromatic heterocycles. The van der Waals surface area contributed by atoms with E-state index in [1.165, 1.54) is 0 Å². The number of nitrogens with two attached hydrogens (primary N) is 1. The maximum Gasteiger partial charge on any atom is 0.279 e. The molecule has 0 aromatic carbocycles. The van der Waals surface area contributed by atoms with Gasteiger partial charge in [-0.25, -0.2) is 0 Å². The molecule has 5 nitrogen and oxygen atoms in total. The van der Waals surface area contributed by atoms with Crippen LogP contribution in [0.5, 0.6) is 0 Å². The van der Waals surface area contributed by atoms with Gasteiger partial charge in [-0.15, -0.1) is 0 Å². The van der Waals surface area contributed by atoms with Crippen molar-refractivity contribution in [3.05, 3.63) is 0 Å². The second kappa shape index (κ2) is 7.45. The fourth-order valence-corrected chi connectivity index (χ4v) is 5.91. The Hall–Kier alpha value is 0.180. The van der Waals surface area contributed by atoms with E-state index in [-0.39, 0.29) is 6.04 Å². The fourth-order valence-electron chi connectivity index (χ4n) is 3.13. The highest BCUT2D eigenvalue weighted by Crippen LogP contribution is 2.30. The number of hydrogen-bond acceptors (Lipinski definition) is 4. The van der Waals surface area contributed by atoms with Crippen LogP contribution in [0.4, 0.5) is 0 Å². The van der Waals surface area contributed by atoms with Gasteiger partial charge in [0.05, 0.1) is 0 Å². The van der Waals surface area contributed by atoms with Crippen LogP contribution in [0, 0.1) is 5.92 Å². The highest BCUT2D eigenvalue weighted by Gasteiger charge is 2.34. The molecule has 2 fully saturated rings. The second-order valence-corrected chi connectivity index (χ2v) is 8.95. The summed E-state index contributed by atoms with van der Waals surface area (Å²) < 4.78 is 29.5. The molecular formula is C13H27N3O2S2. The lowest BCUT2D eigenvalue weighted by atomic mass is 9.99. The second-order valence-electron chi connectivity index (χ2n) is 5.73. The molecule has 20 heavy (non-hydrogen) atoms. The smallest absolute Gasteiger partial charge is 0.279 e. The third-order valence-electron chi connectivity index (χ3n) is 4.38. The first-order valence-corrected chi connectivity index (χ1v) is 10.1. The predicted octanol–water partition coefficient (Wildman–Crippen LogP) is 1.17. The average molecular weight is 322 g/mol. The first-order chi connectivity index (χ1) is 9.56. The molecule has 0 bridgehead atoms. The van der Waals surface area contributed by atoms with Gasteiger partial charge in [0, 0.05) is 24.4 Å². The molecule has 3 N–H and O–H groups in total. The van der Waals surface area contributed by atoms with Crippen molar-refractivity contribution in [1.82, 2.24) is 9.03 Å². The van der Waals surface area contributed by atoms with Crippen LogP contribution in [0.1, 0.15) is 39.0 Å². The molecule has 2 rings (SSSR count). The topological polar surface area (TPSA) is 75.4 Å². The van der Waals surface area contributed by atoms with Gasteiger partial charge in [0.1, 0.15) is 0 Å². The summed E-state index contributed by atoms with van der Waals surface area (Å²) in [6.07, 6.45) is 4.99. The highest BCUT2D eigenvalue weighted by atomic mass is 32.2. The van der Waals surface area contributed by atoms with E-state index in [0.29, 0.717) is 30.8 Å². The molecule has 0 amide bonds. The van der Waals surface area contributed by atoms with Crippen molar-refractivity contribution >= 4 is 22.0 Å². The normalized spacial score (nSPS) is 29.9. The van der Waals surface area contributed by atoms with Crippen molar-refractivity contribution < 1.29 is 8.42 Å². The summed E-state index contributed by atoms with van der Waals surface area (Å²) in [5, 5.41) is 0.441. The van der Waals surface area contributed by atoms with Crippen LogP contribution in [0.3, 0.4) is 0 Å². The zero-order valence-electron chi connectivity index (χ0n) is 12.3. The van der Waals surface area contributed by atoms with Gasteiger partial charge in [-0.05, 0) is 43.9 Å². The van der Waals surface area contributed by atoms with E-state index in [0.717, 1.165) is 37.9 Å². The molecule has 1 saturated carbocycles. The standard InChI is InChI=1S/C13H27N3O2S2/c1-2-19-13-5-3-4-12(13)15-20(17,18)16-8-6-11(10-14)7-9-16/h11-13,15H,2-10,14H2,1H3. The van der Waals surface area contributed by atoms with E-state index in [1.54, 1.807) is 4.31 Å². The summed E-state index contributed by atoms with van der Waals surface area (Å²) in [5.41, 5.74) is 5.65. The summed E-state index contributed by atoms with van der Waals surface area (Å²) in [4.78, 5) is 0. The Labute approximate surface area is 127 Å². The Kier molecular flexibility index (Phi) is 6.16. The monoisotopic (exact) mass is 321 g/mol. The van der Waals surface area contributed by atoms with Gasteiger partial charge in [-0.3, -0.25) is 0 Å². The third-order valence-corrected chi connectivity index (χ3v) is 7.35. The summed E-state index contributed by atoms with van der Waals surface area (Å²) in [6, 6.07) is 0.109. The Balaban J connectivity index is 1.90. The van der Waals surface area contributed by atoms with Crippen molar-refractivity contribution in [2.45, 2.75) is 50.3 Å². The molecule has 1 heterocycles. The van der Waals surface area contributed by atoms with E-state index in [4.69, 9.17) is 5.73 Å². The van der Waals surface area contributed by atoms with E-state index in [1.807, 2.05) is 11.8 Å². The van der Waals surface area contributed by atoms with E-state index < -0.39 is 10.2 Å². The van der Waals surface area contributed by atoms with Crippen molar-refractivity contribution in [3.63, 3.8) is 0 Å². The first kappa shape index (κ1) is 16.5. The molecule has 1 aliphatic carbocycles. The van der Waals surface area contributed by atoms with E-state index >= 15 is 0 Å². The lowest BCUT2D eigenvalue weighted by Gasteiger charge is -2.32. The lowest BCUT2D eigenvalue weighted by Crippen LogP contribution is -2.50. The lowest BCUT2D eigenvalue weighted by molar-refractivity contribution is 0.274. The Bertz CT molecular complexity index is 394. The predicted molar refractivity (Wildman–Crippen MR) is 85.0 cm³/mol. The number of piperidine rings is 1. The number of hydrogen-bond donors (Lipinski definition) is 2. The van der Waals surface area contributed by atoms with Gasteiger partial charge in [0.25, 0.3) is 10.2 Å². The summed E-state index contributed by atoms with van der Waals surface area (Å²) in [7, 11) is -3.32. The minimum atomic E-state index is -3.32. The summed E-state index contributed by atoms with van der Waals surface area (Å²) in [5.74, 6) is 1.53. The van der Waals surface area contributed by atoms with Crippen LogP contribution >= 0.6 is 11.8 Å². The van der Waals surface area contributed by atoms with Crippen molar-refractivity contribution in [1.29, 1.82) is 0 Å².